The Balaban J connectivity index is 2.57. The highest BCUT2D eigenvalue weighted by atomic mass is 32.2. The van der Waals surface area contributed by atoms with Crippen LogP contribution >= 0.6 is 11.8 Å². The molecule has 0 bridgehead atoms. The topological polar surface area (TPSA) is 55.2 Å². The van der Waals surface area contributed by atoms with Gasteiger partial charge in [0.05, 0.1) is 5.41 Å². The van der Waals surface area contributed by atoms with E-state index in [0.717, 1.165) is 11.8 Å². The SMILES string of the molecule is O=[N+]([O-])C1=CS[C]N1. The second-order valence-corrected chi connectivity index (χ2v) is 1.78. The van der Waals surface area contributed by atoms with Crippen LogP contribution in [0, 0.1) is 16.0 Å². The maximum absolute atomic E-state index is 9.82. The Bertz CT molecular complexity index is 144. The normalized spacial score (nSPS) is 17.2. The first kappa shape index (κ1) is 5.43. The van der Waals surface area contributed by atoms with E-state index in [1.54, 1.807) is 0 Å². The molecular weight excluding hydrogens is 128 g/mol. The lowest BCUT2D eigenvalue weighted by atomic mass is 10.8. The summed E-state index contributed by atoms with van der Waals surface area (Å²) in [6.45, 7) is 0. The van der Waals surface area contributed by atoms with Crippen molar-refractivity contribution in [2.45, 2.75) is 0 Å². The van der Waals surface area contributed by atoms with E-state index in [1.165, 1.54) is 5.41 Å². The summed E-state index contributed by atoms with van der Waals surface area (Å²) in [7, 11) is 0. The van der Waals surface area contributed by atoms with Gasteiger partial charge in [-0.05, 0) is 4.92 Å². The van der Waals surface area contributed by atoms with E-state index < -0.39 is 4.92 Å². The number of hydrogen-bond donors (Lipinski definition) is 1. The third kappa shape index (κ3) is 0.919. The number of nitrogens with one attached hydrogen (secondary N) is 1. The van der Waals surface area contributed by atoms with E-state index in [-0.39, 0.29) is 5.82 Å². The van der Waals surface area contributed by atoms with Crippen molar-refractivity contribution in [3.8, 4) is 0 Å². The summed E-state index contributed by atoms with van der Waals surface area (Å²) >= 11 is 1.15. The molecule has 5 heteroatoms. The zero-order valence-electron chi connectivity index (χ0n) is 3.75. The van der Waals surface area contributed by atoms with Crippen LogP contribution in [-0.2, 0) is 0 Å². The van der Waals surface area contributed by atoms with Gasteiger partial charge in [-0.15, -0.1) is 0 Å². The molecule has 0 aliphatic carbocycles. The summed E-state index contributed by atoms with van der Waals surface area (Å²) in [6.07, 6.45) is 0. The van der Waals surface area contributed by atoms with Crippen LogP contribution in [0.2, 0.25) is 0 Å². The number of rotatable bonds is 1. The Labute approximate surface area is 50.1 Å². The predicted octanol–water partition coefficient (Wildman–Crippen LogP) is 0.395. The van der Waals surface area contributed by atoms with Crippen molar-refractivity contribution < 1.29 is 4.92 Å². The van der Waals surface area contributed by atoms with E-state index in [4.69, 9.17) is 0 Å². The monoisotopic (exact) mass is 130 g/mol. The molecule has 0 unspecified atom stereocenters. The summed E-state index contributed by atoms with van der Waals surface area (Å²) in [5.41, 5.74) is 0. The molecule has 42 valence electrons. The molecule has 1 N–H and O–H groups in total. The molecule has 0 atom stereocenters. The van der Waals surface area contributed by atoms with Crippen molar-refractivity contribution in [1.29, 1.82) is 0 Å². The summed E-state index contributed by atoms with van der Waals surface area (Å²) in [5.74, 6) is 2.48. The molecule has 0 aromatic rings. The smallest absolute Gasteiger partial charge is 0.324 e. The van der Waals surface area contributed by atoms with Crippen molar-refractivity contribution in [3.05, 3.63) is 27.2 Å². The minimum absolute atomic E-state index is 0.00463. The van der Waals surface area contributed by atoms with E-state index in [0.29, 0.717) is 0 Å². The van der Waals surface area contributed by atoms with E-state index >= 15 is 0 Å². The van der Waals surface area contributed by atoms with Crippen LogP contribution in [0.5, 0.6) is 0 Å². The van der Waals surface area contributed by atoms with Crippen molar-refractivity contribution in [2.24, 2.45) is 0 Å². The molecule has 1 rings (SSSR count). The molecule has 0 aromatic carbocycles. The Kier molecular flexibility index (Phi) is 1.38. The summed E-state index contributed by atoms with van der Waals surface area (Å²) in [4.78, 5) is 9.33. The van der Waals surface area contributed by atoms with Gasteiger partial charge < -0.3 is 10.1 Å². The van der Waals surface area contributed by atoms with Gasteiger partial charge in [-0.3, -0.25) is 0 Å². The Morgan fingerprint density at radius 2 is 2.75 bits per heavy atom. The van der Waals surface area contributed by atoms with Gasteiger partial charge in [0, 0.05) is 0 Å². The Hall–Kier alpha value is -0.710. The number of nitrogens with zero attached hydrogens (tertiary/aromatic N) is 1. The van der Waals surface area contributed by atoms with Crippen molar-refractivity contribution in [1.82, 2.24) is 5.32 Å². The molecule has 0 fully saturated rings. The first-order valence-corrected chi connectivity index (χ1v) is 2.70. The fraction of sp³-hybridized carbons (Fsp3) is 0. The lowest BCUT2D eigenvalue weighted by molar-refractivity contribution is -0.429. The summed E-state index contributed by atoms with van der Waals surface area (Å²) in [5, 5.41) is 13.5. The van der Waals surface area contributed by atoms with Crippen LogP contribution in [0.15, 0.2) is 11.2 Å². The molecule has 1 heterocycles. The Morgan fingerprint density at radius 1 is 2.00 bits per heavy atom. The van der Waals surface area contributed by atoms with Crippen LogP contribution < -0.4 is 5.32 Å². The summed E-state index contributed by atoms with van der Waals surface area (Å²) in [6, 6.07) is 0. The number of thioether (sulfide) groups is 1. The molecule has 0 saturated heterocycles. The minimum Gasteiger partial charge on any atom is -0.358 e. The van der Waals surface area contributed by atoms with Crippen LogP contribution in [-0.4, -0.2) is 4.92 Å². The lowest BCUT2D eigenvalue weighted by Gasteiger charge is -1.89. The Morgan fingerprint density at radius 3 is 3.00 bits per heavy atom. The van der Waals surface area contributed by atoms with E-state index in [2.05, 4.69) is 11.2 Å². The van der Waals surface area contributed by atoms with Gasteiger partial charge in [0.2, 0.25) is 0 Å². The fourth-order valence-electron chi connectivity index (χ4n) is 0.285. The minimum atomic E-state index is -0.493. The molecule has 8 heavy (non-hydrogen) atoms. The van der Waals surface area contributed by atoms with Crippen LogP contribution in [0.1, 0.15) is 0 Å². The van der Waals surface area contributed by atoms with Gasteiger partial charge in [-0.2, -0.15) is 0 Å². The highest BCUT2D eigenvalue weighted by Gasteiger charge is 2.14. The quantitative estimate of drug-likeness (QED) is 0.412. The molecule has 1 aliphatic heterocycles. The van der Waals surface area contributed by atoms with Gasteiger partial charge in [-0.1, -0.05) is 11.8 Å². The van der Waals surface area contributed by atoms with Crippen LogP contribution in [0.25, 0.3) is 0 Å². The third-order valence-corrected chi connectivity index (χ3v) is 1.17. The van der Waals surface area contributed by atoms with Gasteiger partial charge in [0.25, 0.3) is 5.88 Å². The third-order valence-electron chi connectivity index (χ3n) is 0.605. The zero-order chi connectivity index (χ0) is 5.98. The molecule has 0 spiro atoms. The largest absolute Gasteiger partial charge is 0.358 e. The van der Waals surface area contributed by atoms with Gasteiger partial charge in [0.1, 0.15) is 0 Å². The zero-order valence-corrected chi connectivity index (χ0v) is 4.57. The van der Waals surface area contributed by atoms with Gasteiger partial charge >= 0.3 is 5.82 Å². The van der Waals surface area contributed by atoms with Gasteiger partial charge in [0.15, 0.2) is 0 Å². The first-order chi connectivity index (χ1) is 3.80. The molecular formula is C3H2N2O2S. The average Bonchev–Trinajstić information content (AvgIpc) is 2.12. The van der Waals surface area contributed by atoms with Crippen molar-refractivity contribution in [2.75, 3.05) is 0 Å². The first-order valence-electron chi connectivity index (χ1n) is 1.82. The number of hydrogen-bond acceptors (Lipinski definition) is 4. The molecule has 0 saturated carbocycles. The maximum Gasteiger partial charge on any atom is 0.324 e. The lowest BCUT2D eigenvalue weighted by Crippen LogP contribution is -2.10. The van der Waals surface area contributed by atoms with E-state index in [9.17, 15) is 10.1 Å². The average molecular weight is 130 g/mol. The van der Waals surface area contributed by atoms with Crippen LogP contribution in [0.4, 0.5) is 0 Å². The molecule has 4 nitrogen and oxygen atoms in total. The standard InChI is InChI=1S/C3H2N2O2S/c6-5(7)3-1-8-2-4-3/h1,4H. The highest BCUT2D eigenvalue weighted by molar-refractivity contribution is 8.04. The van der Waals surface area contributed by atoms with Crippen LogP contribution in [0.3, 0.4) is 0 Å². The van der Waals surface area contributed by atoms with Gasteiger partial charge in [-0.25, -0.2) is 5.32 Å². The fourth-order valence-corrected chi connectivity index (χ4v) is 0.764. The van der Waals surface area contributed by atoms with Crippen molar-refractivity contribution >= 4 is 11.8 Å². The molecule has 1 aliphatic rings. The predicted molar refractivity (Wildman–Crippen MR) is 29.0 cm³/mol. The summed E-state index contributed by atoms with van der Waals surface area (Å²) < 4.78 is 0. The molecule has 2 radical (unpaired) electrons. The second kappa shape index (κ2) is 2.04. The van der Waals surface area contributed by atoms with E-state index in [1.807, 2.05) is 0 Å². The molecule has 0 aromatic heterocycles. The number of nitro groups is 1. The highest BCUT2D eigenvalue weighted by Crippen LogP contribution is 2.15. The van der Waals surface area contributed by atoms with Crippen molar-refractivity contribution in [3.63, 3.8) is 0 Å². The molecule has 0 amide bonds. The second-order valence-electron chi connectivity index (χ2n) is 1.11. The maximum atomic E-state index is 9.82.